The predicted molar refractivity (Wildman–Crippen MR) is 115 cm³/mol. The minimum atomic E-state index is -0.426. The summed E-state index contributed by atoms with van der Waals surface area (Å²) in [7, 11) is 1.58. The Labute approximate surface area is 178 Å². The van der Waals surface area contributed by atoms with Gasteiger partial charge in [-0.25, -0.2) is 14.4 Å². The number of carbonyl (C=O) groups is 2. The van der Waals surface area contributed by atoms with Crippen LogP contribution in [-0.2, 0) is 9.59 Å². The summed E-state index contributed by atoms with van der Waals surface area (Å²) in [6.45, 7) is -0.244. The molecule has 1 aliphatic rings. The van der Waals surface area contributed by atoms with E-state index in [9.17, 15) is 14.0 Å². The second-order valence-electron chi connectivity index (χ2n) is 6.84. The van der Waals surface area contributed by atoms with Gasteiger partial charge in [-0.15, -0.1) is 0 Å². The van der Waals surface area contributed by atoms with Crippen LogP contribution in [0, 0.1) is 5.82 Å². The molecule has 31 heavy (non-hydrogen) atoms. The Morgan fingerprint density at radius 1 is 1.13 bits per heavy atom. The predicted octanol–water partition coefficient (Wildman–Crippen LogP) is 3.73. The van der Waals surface area contributed by atoms with Crippen LogP contribution in [0.1, 0.15) is 12.0 Å². The molecular weight excluding hydrogens is 399 g/mol. The van der Waals surface area contributed by atoms with Crippen molar-refractivity contribution in [1.82, 2.24) is 4.98 Å². The lowest BCUT2D eigenvalue weighted by Gasteiger charge is -2.20. The molecule has 7 nitrogen and oxygen atoms in total. The molecular formula is C23H19FN4O3. The minimum absolute atomic E-state index is 0.00647. The van der Waals surface area contributed by atoms with Crippen molar-refractivity contribution in [3.8, 4) is 5.75 Å². The first-order valence-corrected chi connectivity index (χ1v) is 9.56. The molecule has 0 radical (unpaired) electrons. The first-order valence-electron chi connectivity index (χ1n) is 9.56. The van der Waals surface area contributed by atoms with E-state index in [1.165, 1.54) is 29.2 Å². The van der Waals surface area contributed by atoms with Gasteiger partial charge in [-0.3, -0.25) is 14.5 Å². The van der Waals surface area contributed by atoms with Crippen molar-refractivity contribution >= 4 is 34.7 Å². The quantitative estimate of drug-likeness (QED) is 0.684. The van der Waals surface area contributed by atoms with E-state index < -0.39 is 11.7 Å². The Morgan fingerprint density at radius 2 is 1.87 bits per heavy atom. The monoisotopic (exact) mass is 418 g/mol. The average molecular weight is 418 g/mol. The van der Waals surface area contributed by atoms with Crippen LogP contribution >= 0.6 is 0 Å². The Hall–Kier alpha value is -4.07. The van der Waals surface area contributed by atoms with Gasteiger partial charge in [0, 0.05) is 11.9 Å². The Balaban J connectivity index is 1.59. The highest BCUT2D eigenvalue weighted by Gasteiger charge is 2.27. The van der Waals surface area contributed by atoms with Gasteiger partial charge in [0.2, 0.25) is 11.8 Å². The van der Waals surface area contributed by atoms with Gasteiger partial charge in [0.05, 0.1) is 19.2 Å². The molecule has 0 bridgehead atoms. The van der Waals surface area contributed by atoms with E-state index in [0.717, 1.165) is 5.56 Å². The number of aliphatic imine (C=N–C) groups is 1. The summed E-state index contributed by atoms with van der Waals surface area (Å²) in [5.74, 6) is -0.122. The number of nitrogens with one attached hydrogen (secondary N) is 1. The van der Waals surface area contributed by atoms with Crippen LogP contribution in [0.2, 0.25) is 0 Å². The number of aromatic nitrogens is 1. The number of hydrogen-bond acceptors (Lipinski definition) is 5. The molecule has 2 amide bonds. The molecule has 0 unspecified atom stereocenters. The fraction of sp³-hybridized carbons (Fsp3) is 0.130. The molecule has 0 fully saturated rings. The number of methoxy groups -OCH3 is 1. The van der Waals surface area contributed by atoms with Gasteiger partial charge in [-0.2, -0.15) is 0 Å². The zero-order valence-corrected chi connectivity index (χ0v) is 16.7. The fourth-order valence-electron chi connectivity index (χ4n) is 3.22. The first kappa shape index (κ1) is 20.2. The van der Waals surface area contributed by atoms with Crippen molar-refractivity contribution < 1.29 is 18.7 Å². The van der Waals surface area contributed by atoms with Crippen LogP contribution in [0.5, 0.6) is 5.75 Å². The molecule has 0 saturated carbocycles. The van der Waals surface area contributed by atoms with E-state index in [1.54, 1.807) is 37.6 Å². The molecule has 0 spiro atoms. The van der Waals surface area contributed by atoms with Gasteiger partial charge in [0.15, 0.2) is 5.82 Å². The van der Waals surface area contributed by atoms with Crippen LogP contribution in [0.3, 0.4) is 0 Å². The number of nitrogens with zero attached hydrogens (tertiary/aromatic N) is 3. The molecule has 1 N–H and O–H groups in total. The minimum Gasteiger partial charge on any atom is -0.497 e. The van der Waals surface area contributed by atoms with Gasteiger partial charge in [-0.1, -0.05) is 0 Å². The van der Waals surface area contributed by atoms with Gasteiger partial charge in [0.25, 0.3) is 0 Å². The summed E-state index contributed by atoms with van der Waals surface area (Å²) in [4.78, 5) is 35.9. The number of ether oxygens (including phenoxy) is 1. The lowest BCUT2D eigenvalue weighted by molar-refractivity contribution is -0.120. The summed E-state index contributed by atoms with van der Waals surface area (Å²) >= 11 is 0. The lowest BCUT2D eigenvalue weighted by atomic mass is 10.1. The maximum absolute atomic E-state index is 13.1. The number of rotatable bonds is 5. The van der Waals surface area contributed by atoms with E-state index >= 15 is 0 Å². The highest BCUT2D eigenvalue weighted by Crippen LogP contribution is 2.31. The number of amides is 2. The molecule has 0 atom stereocenters. The summed E-state index contributed by atoms with van der Waals surface area (Å²) in [5.41, 5.74) is 2.28. The average Bonchev–Trinajstić information content (AvgIpc) is 2.92. The number of pyridine rings is 1. The highest BCUT2D eigenvalue weighted by atomic mass is 19.1. The summed E-state index contributed by atoms with van der Waals surface area (Å²) in [6, 6.07) is 16.1. The third-order valence-corrected chi connectivity index (χ3v) is 4.75. The zero-order chi connectivity index (χ0) is 21.8. The van der Waals surface area contributed by atoms with E-state index in [-0.39, 0.29) is 18.9 Å². The number of benzene rings is 2. The largest absolute Gasteiger partial charge is 0.497 e. The molecule has 1 aliphatic heterocycles. The maximum Gasteiger partial charge on any atom is 0.244 e. The third kappa shape index (κ3) is 4.58. The summed E-state index contributed by atoms with van der Waals surface area (Å²) in [5, 5.41) is 2.67. The molecule has 2 heterocycles. The van der Waals surface area contributed by atoms with E-state index in [0.29, 0.717) is 28.7 Å². The molecule has 3 aromatic rings. The number of fused-ring (bicyclic) bond motifs is 1. The Kier molecular flexibility index (Phi) is 5.70. The summed E-state index contributed by atoms with van der Waals surface area (Å²) in [6.07, 6.45) is 1.55. The van der Waals surface area contributed by atoms with Crippen LogP contribution in [-0.4, -0.2) is 36.2 Å². The smallest absolute Gasteiger partial charge is 0.244 e. The molecule has 1 aromatic heterocycles. The topological polar surface area (TPSA) is 83.9 Å². The molecule has 2 aromatic carbocycles. The van der Waals surface area contributed by atoms with Crippen molar-refractivity contribution in [3.05, 3.63) is 78.2 Å². The third-order valence-electron chi connectivity index (χ3n) is 4.75. The molecule has 4 rings (SSSR count). The van der Waals surface area contributed by atoms with Crippen molar-refractivity contribution in [1.29, 1.82) is 0 Å². The van der Waals surface area contributed by atoms with Gasteiger partial charge < -0.3 is 10.1 Å². The fourth-order valence-corrected chi connectivity index (χ4v) is 3.22. The first-order chi connectivity index (χ1) is 15.0. The van der Waals surface area contributed by atoms with Crippen LogP contribution < -0.4 is 15.0 Å². The highest BCUT2D eigenvalue weighted by molar-refractivity contribution is 6.18. The molecule has 0 saturated heterocycles. The van der Waals surface area contributed by atoms with Crippen molar-refractivity contribution in [2.75, 3.05) is 23.9 Å². The van der Waals surface area contributed by atoms with Gasteiger partial charge in [0.1, 0.15) is 23.8 Å². The Morgan fingerprint density at radius 3 is 2.58 bits per heavy atom. The normalized spacial score (nSPS) is 13.2. The number of anilines is 2. The lowest BCUT2D eigenvalue weighted by Crippen LogP contribution is -2.38. The van der Waals surface area contributed by atoms with Crippen LogP contribution in [0.25, 0.3) is 0 Å². The van der Waals surface area contributed by atoms with E-state index in [1.807, 2.05) is 12.1 Å². The van der Waals surface area contributed by atoms with Gasteiger partial charge >= 0.3 is 0 Å². The standard InChI is InChI=1S/C23H19FN4O3/c1-31-18-10-4-15(5-11-18)20-13-22(30)28(23-19(27-20)3-2-12-25-23)14-21(29)26-17-8-6-16(24)7-9-17/h2-12H,13-14H2,1H3,(H,26,29). The van der Waals surface area contributed by atoms with Crippen molar-refractivity contribution in [2.24, 2.45) is 4.99 Å². The van der Waals surface area contributed by atoms with Crippen LogP contribution in [0.4, 0.5) is 21.6 Å². The van der Waals surface area contributed by atoms with Crippen molar-refractivity contribution in [3.63, 3.8) is 0 Å². The molecule has 8 heteroatoms. The number of hydrogen-bond donors (Lipinski definition) is 1. The second kappa shape index (κ2) is 8.74. The zero-order valence-electron chi connectivity index (χ0n) is 16.7. The van der Waals surface area contributed by atoms with E-state index in [2.05, 4.69) is 15.3 Å². The number of carbonyl (C=O) groups excluding carboxylic acids is 2. The molecule has 0 aliphatic carbocycles. The Bertz CT molecular complexity index is 1140. The van der Waals surface area contributed by atoms with E-state index in [4.69, 9.17) is 4.74 Å². The van der Waals surface area contributed by atoms with Crippen LogP contribution in [0.15, 0.2) is 71.9 Å². The summed E-state index contributed by atoms with van der Waals surface area (Å²) < 4.78 is 18.3. The van der Waals surface area contributed by atoms with Gasteiger partial charge in [-0.05, 0) is 66.2 Å². The van der Waals surface area contributed by atoms with Crippen molar-refractivity contribution in [2.45, 2.75) is 6.42 Å². The number of halogens is 1. The maximum atomic E-state index is 13.1. The molecule has 156 valence electrons. The second-order valence-corrected chi connectivity index (χ2v) is 6.84. The SMILES string of the molecule is COc1ccc(C2=Nc3cccnc3N(CC(=O)Nc3ccc(F)cc3)C(=O)C2)cc1.